The molecular formula is C11H26O. The molecule has 76 valence electrons. The third kappa shape index (κ3) is 16.5. The Morgan fingerprint density at radius 1 is 1.17 bits per heavy atom. The first kappa shape index (κ1) is 14.5. The van der Waals surface area contributed by atoms with Gasteiger partial charge in [-0.1, -0.05) is 41.0 Å². The maximum absolute atomic E-state index is 4.90. The average Bonchev–Trinajstić information content (AvgIpc) is 2.03. The molecule has 0 saturated heterocycles. The lowest BCUT2D eigenvalue weighted by atomic mass is 9.94. The predicted octanol–water partition coefficient (Wildman–Crippen LogP) is 3.87. The molecule has 0 saturated carbocycles. The van der Waals surface area contributed by atoms with Crippen LogP contribution in [-0.4, -0.2) is 13.2 Å². The lowest BCUT2D eigenvalue weighted by Gasteiger charge is -2.12. The Bertz CT molecular complexity index is 77.5. The van der Waals surface area contributed by atoms with E-state index in [1.165, 1.54) is 6.42 Å². The first-order chi connectivity index (χ1) is 5.37. The van der Waals surface area contributed by atoms with E-state index in [9.17, 15) is 0 Å². The molecule has 1 nitrogen and oxygen atoms in total. The molecule has 0 radical (unpaired) electrons. The molecule has 0 aromatic rings. The van der Waals surface area contributed by atoms with Crippen molar-refractivity contribution in [3.63, 3.8) is 0 Å². The Morgan fingerprint density at radius 2 is 1.50 bits per heavy atom. The molecule has 1 atom stereocenters. The van der Waals surface area contributed by atoms with Crippen LogP contribution < -0.4 is 0 Å². The highest BCUT2D eigenvalue weighted by molar-refractivity contribution is 4.55. The highest BCUT2D eigenvalue weighted by Crippen LogP contribution is 2.16. The fourth-order valence-electron chi connectivity index (χ4n) is 0.167. The molecule has 12 heavy (non-hydrogen) atoms. The van der Waals surface area contributed by atoms with Gasteiger partial charge >= 0.3 is 0 Å². The van der Waals surface area contributed by atoms with Crippen LogP contribution in [-0.2, 0) is 4.74 Å². The van der Waals surface area contributed by atoms with Crippen molar-refractivity contribution >= 4 is 0 Å². The fraction of sp³-hybridized carbons (Fsp3) is 1.00. The van der Waals surface area contributed by atoms with E-state index in [4.69, 9.17) is 4.74 Å². The maximum atomic E-state index is 4.90. The van der Waals surface area contributed by atoms with Gasteiger partial charge in [0.15, 0.2) is 0 Å². The highest BCUT2D eigenvalue weighted by atomic mass is 16.5. The zero-order valence-electron chi connectivity index (χ0n) is 9.90. The molecule has 0 aromatic heterocycles. The zero-order chi connectivity index (χ0) is 10.2. The summed E-state index contributed by atoms with van der Waals surface area (Å²) in [4.78, 5) is 0. The molecular weight excluding hydrogens is 148 g/mol. The van der Waals surface area contributed by atoms with Crippen molar-refractivity contribution in [2.24, 2.45) is 5.41 Å². The molecule has 0 aromatic carbocycles. The third-order valence-corrected chi connectivity index (χ3v) is 2.04. The Kier molecular flexibility index (Phi) is 9.17. The molecule has 0 amide bonds. The summed E-state index contributed by atoms with van der Waals surface area (Å²) in [6, 6.07) is 0. The van der Waals surface area contributed by atoms with Gasteiger partial charge in [0.05, 0.1) is 6.10 Å². The summed E-state index contributed by atoms with van der Waals surface area (Å²) >= 11 is 0. The van der Waals surface area contributed by atoms with Crippen LogP contribution in [0.5, 0.6) is 0 Å². The smallest absolute Gasteiger partial charge is 0.0540 e. The lowest BCUT2D eigenvalue weighted by molar-refractivity contribution is 0.115. The van der Waals surface area contributed by atoms with Crippen LogP contribution in [0.1, 0.15) is 54.4 Å². The largest absolute Gasteiger partial charge is 0.382 e. The van der Waals surface area contributed by atoms with E-state index in [2.05, 4.69) is 41.5 Å². The van der Waals surface area contributed by atoms with E-state index in [0.29, 0.717) is 11.5 Å². The second-order valence-electron chi connectivity index (χ2n) is 4.37. The van der Waals surface area contributed by atoms with Gasteiger partial charge < -0.3 is 4.74 Å². The van der Waals surface area contributed by atoms with Crippen molar-refractivity contribution in [1.29, 1.82) is 0 Å². The van der Waals surface area contributed by atoms with Gasteiger partial charge in [0.25, 0.3) is 0 Å². The Morgan fingerprint density at radius 3 is 1.50 bits per heavy atom. The van der Waals surface area contributed by atoms with E-state index in [0.717, 1.165) is 6.42 Å². The second kappa shape index (κ2) is 7.60. The van der Waals surface area contributed by atoms with Crippen molar-refractivity contribution < 1.29 is 4.74 Å². The van der Waals surface area contributed by atoms with Crippen molar-refractivity contribution in [2.75, 3.05) is 7.11 Å². The molecule has 0 spiro atoms. The standard InChI is InChI=1S/C6H14.C5H12O/c1-5-6(2,3)4;1-4-5(2)6-3/h5H2,1-4H3;5H,4H2,1-3H3. The number of hydrogen-bond donors (Lipinski definition) is 0. The van der Waals surface area contributed by atoms with Gasteiger partial charge in [0.2, 0.25) is 0 Å². The average molecular weight is 174 g/mol. The van der Waals surface area contributed by atoms with Gasteiger partial charge in [-0.25, -0.2) is 0 Å². The minimum atomic E-state index is 0.435. The van der Waals surface area contributed by atoms with Crippen LogP contribution in [0.25, 0.3) is 0 Å². The molecule has 0 bridgehead atoms. The van der Waals surface area contributed by atoms with Gasteiger partial charge in [0.1, 0.15) is 0 Å². The van der Waals surface area contributed by atoms with Gasteiger partial charge in [-0.15, -0.1) is 0 Å². The van der Waals surface area contributed by atoms with E-state index >= 15 is 0 Å². The molecule has 0 N–H and O–H groups in total. The minimum Gasteiger partial charge on any atom is -0.382 e. The van der Waals surface area contributed by atoms with Gasteiger partial charge in [0, 0.05) is 7.11 Å². The van der Waals surface area contributed by atoms with Crippen LogP contribution in [0.3, 0.4) is 0 Å². The highest BCUT2D eigenvalue weighted by Gasteiger charge is 2.03. The Balaban J connectivity index is 0. The van der Waals surface area contributed by atoms with Crippen LogP contribution in [0, 0.1) is 5.41 Å². The third-order valence-electron chi connectivity index (χ3n) is 2.04. The van der Waals surface area contributed by atoms with E-state index in [-0.39, 0.29) is 0 Å². The molecule has 0 rings (SSSR count). The first-order valence-corrected chi connectivity index (χ1v) is 4.90. The van der Waals surface area contributed by atoms with Crippen molar-refractivity contribution in [3.05, 3.63) is 0 Å². The summed E-state index contributed by atoms with van der Waals surface area (Å²) in [7, 11) is 1.73. The van der Waals surface area contributed by atoms with Crippen LogP contribution in [0.2, 0.25) is 0 Å². The van der Waals surface area contributed by atoms with Crippen LogP contribution >= 0.6 is 0 Å². The molecule has 1 unspecified atom stereocenters. The van der Waals surface area contributed by atoms with E-state index in [1.807, 2.05) is 0 Å². The normalized spacial score (nSPS) is 13.2. The lowest BCUT2D eigenvalue weighted by Crippen LogP contribution is -2.00. The maximum Gasteiger partial charge on any atom is 0.0540 e. The molecule has 0 heterocycles. The minimum absolute atomic E-state index is 0.435. The molecule has 0 aliphatic heterocycles. The quantitative estimate of drug-likeness (QED) is 0.617. The molecule has 1 heteroatoms. The summed E-state index contributed by atoms with van der Waals surface area (Å²) in [5.41, 5.74) is 0.542. The zero-order valence-corrected chi connectivity index (χ0v) is 9.90. The van der Waals surface area contributed by atoms with Gasteiger partial charge in [-0.3, -0.25) is 0 Å². The van der Waals surface area contributed by atoms with E-state index in [1.54, 1.807) is 7.11 Å². The number of rotatable bonds is 2. The summed E-state index contributed by atoms with van der Waals surface area (Å²) in [6.07, 6.45) is 2.81. The summed E-state index contributed by atoms with van der Waals surface area (Å²) < 4.78 is 4.90. The van der Waals surface area contributed by atoms with Crippen molar-refractivity contribution in [3.8, 4) is 0 Å². The number of methoxy groups -OCH3 is 1. The van der Waals surface area contributed by atoms with Crippen LogP contribution in [0.15, 0.2) is 0 Å². The summed E-state index contributed by atoms with van der Waals surface area (Å²) in [6.45, 7) is 13.1. The molecule has 0 aliphatic rings. The van der Waals surface area contributed by atoms with Gasteiger partial charge in [-0.05, 0) is 18.8 Å². The predicted molar refractivity (Wildman–Crippen MR) is 56.5 cm³/mol. The van der Waals surface area contributed by atoms with Crippen molar-refractivity contribution in [1.82, 2.24) is 0 Å². The monoisotopic (exact) mass is 174 g/mol. The number of hydrogen-bond acceptors (Lipinski definition) is 1. The number of ether oxygens (including phenoxy) is 1. The summed E-state index contributed by atoms with van der Waals surface area (Å²) in [5.74, 6) is 0. The fourth-order valence-corrected chi connectivity index (χ4v) is 0.167. The summed E-state index contributed by atoms with van der Waals surface area (Å²) in [5, 5.41) is 0. The SMILES string of the molecule is CCC(C)(C)C.CCC(C)OC. The second-order valence-corrected chi connectivity index (χ2v) is 4.37. The van der Waals surface area contributed by atoms with Crippen LogP contribution in [0.4, 0.5) is 0 Å². The Hall–Kier alpha value is -0.0400. The molecule has 0 fully saturated rings. The van der Waals surface area contributed by atoms with Crippen molar-refractivity contribution in [2.45, 2.75) is 60.5 Å². The Labute approximate surface area is 78.5 Å². The first-order valence-electron chi connectivity index (χ1n) is 4.90. The topological polar surface area (TPSA) is 9.23 Å². The van der Waals surface area contributed by atoms with E-state index < -0.39 is 0 Å². The molecule has 0 aliphatic carbocycles. The van der Waals surface area contributed by atoms with Gasteiger partial charge in [-0.2, -0.15) is 0 Å².